The molecule has 266 valence electrons. The molecule has 2 aromatic rings. The van der Waals surface area contributed by atoms with Crippen LogP contribution in [0.15, 0.2) is 48.5 Å². The van der Waals surface area contributed by atoms with Crippen molar-refractivity contribution in [1.82, 2.24) is 10.6 Å². The van der Waals surface area contributed by atoms with Crippen molar-refractivity contribution in [2.45, 2.75) is 85.2 Å². The van der Waals surface area contributed by atoms with Gasteiger partial charge in [-0.15, -0.1) is 12.0 Å². The number of amides is 2. The summed E-state index contributed by atoms with van der Waals surface area (Å²) in [7, 11) is -1.35. The molecule has 0 saturated carbocycles. The van der Waals surface area contributed by atoms with Crippen LogP contribution in [0.1, 0.15) is 66.9 Å². The number of alkyl carbamates (subject to hydrolysis) is 2. The predicted molar refractivity (Wildman–Crippen MR) is 188 cm³/mol. The van der Waals surface area contributed by atoms with Crippen LogP contribution in [0.25, 0.3) is 0 Å². The molecule has 0 spiro atoms. The van der Waals surface area contributed by atoms with Crippen LogP contribution < -0.4 is 128 Å². The number of terminal acetylenes is 1. The summed E-state index contributed by atoms with van der Waals surface area (Å²) in [6, 6.07) is 15.1. The Morgan fingerprint density at radius 1 is 0.780 bits per heavy atom. The first-order valence-corrected chi connectivity index (χ1v) is 19.0. The summed E-state index contributed by atoms with van der Waals surface area (Å²) < 4.78 is 21.5. The average molecular weight is 763 g/mol. The second kappa shape index (κ2) is 29.1. The largest absolute Gasteiger partial charge is 1.00 e. The molecule has 0 unspecified atom stereocenters. The summed E-state index contributed by atoms with van der Waals surface area (Å²) in [5.41, 5.74) is 4.23. The molecule has 0 saturated heterocycles. The molecular formula is C36H52K2N2O9Si. The maximum absolute atomic E-state index is 11.5. The molecule has 0 radical (unpaired) electrons. The smallest absolute Gasteiger partial charge is 1.00 e. The van der Waals surface area contributed by atoms with Crippen LogP contribution in [0.4, 0.5) is 9.59 Å². The number of rotatable bonds is 11. The molecule has 0 fully saturated rings. The van der Waals surface area contributed by atoms with Crippen molar-refractivity contribution in [3.63, 3.8) is 0 Å². The van der Waals surface area contributed by atoms with Gasteiger partial charge in [-0.2, -0.15) is 0 Å². The zero-order chi connectivity index (χ0) is 36.6. The van der Waals surface area contributed by atoms with E-state index < -0.39 is 31.5 Å². The number of carbonyl (C=O) groups excluding carboxylic acids is 3. The van der Waals surface area contributed by atoms with Crippen LogP contribution in [0.3, 0.4) is 0 Å². The van der Waals surface area contributed by atoms with Gasteiger partial charge in [-0.05, 0) is 103 Å². The SMILES string of the molecule is C#Cc1ccc(OCCCNC(=O)OC(C)(C)C)cc1.CC(C)(C)OC(=O)NCCCOc1ccc(C#C[Si](C)(C)C)cc1.O=CO[O-].[H-].[K+].[K+]. The predicted octanol–water partition coefficient (Wildman–Crippen LogP) is -0.274. The van der Waals surface area contributed by atoms with Gasteiger partial charge in [0.15, 0.2) is 0 Å². The minimum atomic E-state index is -1.35. The number of nitrogens with one attached hydrogen (secondary N) is 2. The van der Waals surface area contributed by atoms with Crippen molar-refractivity contribution >= 4 is 26.7 Å². The van der Waals surface area contributed by atoms with Gasteiger partial charge in [-0.3, -0.25) is 4.79 Å². The maximum atomic E-state index is 11.5. The summed E-state index contributed by atoms with van der Waals surface area (Å²) in [5.74, 6) is 7.33. The Hall–Kier alpha value is -1.38. The van der Waals surface area contributed by atoms with Crippen molar-refractivity contribution in [2.24, 2.45) is 0 Å². The number of hydrogen-bond donors (Lipinski definition) is 2. The molecule has 0 heterocycles. The molecule has 0 aliphatic carbocycles. The summed E-state index contributed by atoms with van der Waals surface area (Å²) in [6.45, 7) is 19.6. The van der Waals surface area contributed by atoms with Crippen LogP contribution in [-0.4, -0.2) is 64.2 Å². The van der Waals surface area contributed by atoms with E-state index in [1.54, 1.807) is 0 Å². The quantitative estimate of drug-likeness (QED) is 0.0790. The Labute approximate surface area is 386 Å². The second-order valence-corrected chi connectivity index (χ2v) is 17.9. The van der Waals surface area contributed by atoms with Gasteiger partial charge < -0.3 is 41.2 Å². The van der Waals surface area contributed by atoms with Crippen LogP contribution in [-0.2, 0) is 19.2 Å². The third kappa shape index (κ3) is 33.7. The van der Waals surface area contributed by atoms with E-state index in [1.165, 1.54) is 0 Å². The minimum absolute atomic E-state index is 0. The maximum Gasteiger partial charge on any atom is 1.00 e. The Balaban J connectivity index is -0.000000376. The van der Waals surface area contributed by atoms with Gasteiger partial charge in [-0.1, -0.05) is 31.5 Å². The Morgan fingerprint density at radius 2 is 1.14 bits per heavy atom. The summed E-state index contributed by atoms with van der Waals surface area (Å²) in [4.78, 5) is 34.1. The number of benzene rings is 2. The molecule has 0 atom stereocenters. The van der Waals surface area contributed by atoms with Crippen molar-refractivity contribution < 1.29 is 148 Å². The second-order valence-electron chi connectivity index (χ2n) is 13.1. The molecule has 2 N–H and O–H groups in total. The van der Waals surface area contributed by atoms with Gasteiger partial charge in [0.25, 0.3) is 6.47 Å². The normalized spacial score (nSPS) is 10.0. The van der Waals surface area contributed by atoms with Gasteiger partial charge in [0.1, 0.15) is 30.8 Å². The van der Waals surface area contributed by atoms with Gasteiger partial charge in [0.2, 0.25) is 0 Å². The number of ether oxygens (including phenoxy) is 4. The van der Waals surface area contributed by atoms with E-state index in [2.05, 4.69) is 52.5 Å². The van der Waals surface area contributed by atoms with Crippen LogP contribution in [0.2, 0.25) is 19.6 Å². The summed E-state index contributed by atoms with van der Waals surface area (Å²) in [5, 5.41) is 13.8. The van der Waals surface area contributed by atoms with E-state index in [0.29, 0.717) is 32.7 Å². The van der Waals surface area contributed by atoms with E-state index in [1.807, 2.05) is 90.1 Å². The average Bonchev–Trinajstić information content (AvgIpc) is 2.99. The third-order valence-electron chi connectivity index (χ3n) is 5.01. The van der Waals surface area contributed by atoms with E-state index in [0.717, 1.165) is 29.0 Å². The molecule has 11 nitrogen and oxygen atoms in total. The van der Waals surface area contributed by atoms with Crippen molar-refractivity contribution in [1.29, 1.82) is 0 Å². The van der Waals surface area contributed by atoms with E-state index in [-0.39, 0.29) is 111 Å². The first-order chi connectivity index (χ1) is 22.4. The van der Waals surface area contributed by atoms with Gasteiger partial charge in [0.05, 0.1) is 13.2 Å². The zero-order valence-corrected chi connectivity index (χ0v) is 38.9. The standard InChI is InChI=1S/C19H29NO3Si.C16H21NO3.CH2O3.2K.H/c1-19(2,3)23-18(21)20-13-7-14-22-17-10-8-16(9-11-17)12-15-24(4,5)6;1-5-13-7-9-14(10-8-13)19-12-6-11-17-15(18)20-16(2,3)4;2-1-4-3;;;/h8-11H,7,13-14H2,1-6H3,(H,20,21);1,7-10H,6,11-12H2,2-4H3,(H,17,18);1,3H;;;/q;;;2*+1;-1/p-1. The summed E-state index contributed by atoms with van der Waals surface area (Å²) >= 11 is 0. The van der Waals surface area contributed by atoms with Crippen LogP contribution in [0.5, 0.6) is 11.5 Å². The van der Waals surface area contributed by atoms with Crippen molar-refractivity contribution in [3.8, 4) is 35.3 Å². The molecule has 0 aromatic heterocycles. The van der Waals surface area contributed by atoms with Gasteiger partial charge in [0, 0.05) is 24.2 Å². The molecule has 0 aliphatic rings. The third-order valence-corrected chi connectivity index (χ3v) is 5.89. The molecule has 14 heteroatoms. The van der Waals surface area contributed by atoms with Crippen LogP contribution >= 0.6 is 0 Å². The van der Waals surface area contributed by atoms with Crippen LogP contribution in [0, 0.1) is 23.8 Å². The van der Waals surface area contributed by atoms with E-state index in [4.69, 9.17) is 35.4 Å². The Bertz CT molecular complexity index is 1340. The first kappa shape index (κ1) is 53.0. The Kier molecular flexibility index (Phi) is 30.8. The molecule has 50 heavy (non-hydrogen) atoms. The van der Waals surface area contributed by atoms with Crippen molar-refractivity contribution in [2.75, 3.05) is 26.3 Å². The van der Waals surface area contributed by atoms with E-state index in [9.17, 15) is 9.59 Å². The van der Waals surface area contributed by atoms with Crippen molar-refractivity contribution in [3.05, 3.63) is 59.7 Å². The minimum Gasteiger partial charge on any atom is -1.00 e. The molecule has 0 aliphatic heterocycles. The fourth-order valence-electron chi connectivity index (χ4n) is 3.08. The van der Waals surface area contributed by atoms with E-state index >= 15 is 0 Å². The number of hydrogen-bond acceptors (Lipinski definition) is 9. The molecule has 2 rings (SSSR count). The Morgan fingerprint density at radius 3 is 1.44 bits per heavy atom. The molecule has 0 bridgehead atoms. The topological polar surface area (TPSA) is 144 Å². The first-order valence-electron chi connectivity index (χ1n) is 15.5. The molecular weight excluding hydrogens is 711 g/mol. The number of carbonyl (C=O) groups is 3. The zero-order valence-electron chi connectivity index (χ0n) is 32.7. The molecule has 2 aromatic carbocycles. The summed E-state index contributed by atoms with van der Waals surface area (Å²) in [6.07, 6.45) is 5.89. The van der Waals surface area contributed by atoms with Gasteiger partial charge >= 0.3 is 115 Å². The fourth-order valence-corrected chi connectivity index (χ4v) is 3.59. The molecule has 2 amide bonds. The monoisotopic (exact) mass is 762 g/mol. The fraction of sp³-hybridized carbons (Fsp3) is 0.472. The van der Waals surface area contributed by atoms with Gasteiger partial charge in [-0.25, -0.2) is 9.59 Å².